The maximum atomic E-state index is 14.3. The van der Waals surface area contributed by atoms with Crippen molar-refractivity contribution in [3.63, 3.8) is 0 Å². The number of rotatable bonds is 20. The van der Waals surface area contributed by atoms with E-state index in [1.807, 2.05) is 30.3 Å². The molecule has 5 atom stereocenters. The van der Waals surface area contributed by atoms with Crippen molar-refractivity contribution in [2.24, 2.45) is 5.92 Å². The number of nitrogens with zero attached hydrogens (tertiary/aromatic N) is 1. The first-order chi connectivity index (χ1) is 22.8. The Morgan fingerprint density at radius 2 is 1.87 bits per heavy atom. The van der Waals surface area contributed by atoms with Crippen LogP contribution in [0, 0.1) is 5.92 Å². The first kappa shape index (κ1) is 36.4. The van der Waals surface area contributed by atoms with E-state index in [0.717, 1.165) is 18.4 Å². The van der Waals surface area contributed by atoms with Gasteiger partial charge in [0, 0.05) is 19.2 Å². The standard InChI is InChI=1S/C35H48N2O9S/c1-4-6-8-12-19-37(47(40,41)33-17-16-27(42-3)23-31(33)43-20-13-7-5-2)24-30(38)29(22-26-14-10-9-11-15-26)36-35(39)46-32-25-45-34-28(32)18-21-44-34/h4-5,9-11,14-17,23,28-30,32,34,38H,1-2,6-8,12-13,18-22,24-25H2,3H3,(H,36,39)/t28-,29-,30+,32-,34+/m0/s1. The number of carbonyl (C=O) groups is 1. The van der Waals surface area contributed by atoms with E-state index >= 15 is 0 Å². The monoisotopic (exact) mass is 672 g/mol. The summed E-state index contributed by atoms with van der Waals surface area (Å²) in [6.45, 7) is 8.41. The lowest BCUT2D eigenvalue weighted by molar-refractivity contribution is -0.0907. The Balaban J connectivity index is 1.57. The van der Waals surface area contributed by atoms with Gasteiger partial charge < -0.3 is 34.1 Å². The lowest BCUT2D eigenvalue weighted by atomic mass is 10.0. The van der Waals surface area contributed by atoms with E-state index in [9.17, 15) is 18.3 Å². The molecule has 2 saturated heterocycles. The van der Waals surface area contributed by atoms with Crippen LogP contribution in [0.3, 0.4) is 0 Å². The quantitative estimate of drug-likeness (QED) is 0.150. The number of nitrogens with one attached hydrogen (secondary N) is 1. The summed E-state index contributed by atoms with van der Waals surface area (Å²) in [4.78, 5) is 13.1. The van der Waals surface area contributed by atoms with Crippen LogP contribution >= 0.6 is 0 Å². The molecule has 1 amide bonds. The van der Waals surface area contributed by atoms with Gasteiger partial charge in [0.15, 0.2) is 6.29 Å². The van der Waals surface area contributed by atoms with Gasteiger partial charge >= 0.3 is 6.09 Å². The fourth-order valence-corrected chi connectivity index (χ4v) is 7.34. The third-order valence-electron chi connectivity index (χ3n) is 8.35. The van der Waals surface area contributed by atoms with Gasteiger partial charge in [0.25, 0.3) is 0 Å². The van der Waals surface area contributed by atoms with Crippen molar-refractivity contribution in [3.8, 4) is 11.5 Å². The number of sulfonamides is 1. The van der Waals surface area contributed by atoms with Gasteiger partial charge in [-0.05, 0) is 62.6 Å². The van der Waals surface area contributed by atoms with Crippen LogP contribution in [0.25, 0.3) is 0 Å². The molecule has 0 unspecified atom stereocenters. The Bertz CT molecular complexity index is 1410. The highest BCUT2D eigenvalue weighted by molar-refractivity contribution is 7.89. The first-order valence-corrected chi connectivity index (χ1v) is 17.7. The molecule has 2 aromatic carbocycles. The van der Waals surface area contributed by atoms with Crippen molar-refractivity contribution >= 4 is 16.1 Å². The van der Waals surface area contributed by atoms with Crippen molar-refractivity contribution in [1.29, 1.82) is 0 Å². The van der Waals surface area contributed by atoms with Crippen molar-refractivity contribution in [2.75, 3.05) is 40.0 Å². The molecule has 2 aliphatic rings. The summed E-state index contributed by atoms with van der Waals surface area (Å²) in [5, 5.41) is 14.5. The van der Waals surface area contributed by atoms with E-state index in [1.165, 1.54) is 17.5 Å². The van der Waals surface area contributed by atoms with Crippen LogP contribution in [-0.2, 0) is 30.7 Å². The molecule has 258 valence electrons. The zero-order chi connectivity index (χ0) is 33.6. The Morgan fingerprint density at radius 1 is 1.11 bits per heavy atom. The van der Waals surface area contributed by atoms with E-state index in [0.29, 0.717) is 38.0 Å². The highest BCUT2D eigenvalue weighted by Gasteiger charge is 2.44. The van der Waals surface area contributed by atoms with Crippen molar-refractivity contribution in [2.45, 2.75) is 74.4 Å². The highest BCUT2D eigenvalue weighted by Crippen LogP contribution is 2.34. The average Bonchev–Trinajstić information content (AvgIpc) is 3.69. The molecule has 2 aliphatic heterocycles. The number of aliphatic hydroxyl groups is 1. The molecule has 2 N–H and O–H groups in total. The molecule has 4 rings (SSSR count). The lowest BCUT2D eigenvalue weighted by Crippen LogP contribution is -2.51. The van der Waals surface area contributed by atoms with E-state index < -0.39 is 34.4 Å². The SMILES string of the molecule is C=CCCCCN(C[C@@H](O)[C@H](Cc1ccccc1)NC(=O)O[C@H]1CO[C@H]2OCC[C@H]21)S(=O)(=O)c1ccc(OC)cc1OCCCC=C. The second-order valence-electron chi connectivity index (χ2n) is 11.7. The van der Waals surface area contributed by atoms with Crippen LogP contribution in [0.4, 0.5) is 4.79 Å². The molecule has 2 heterocycles. The van der Waals surface area contributed by atoms with E-state index in [2.05, 4.69) is 18.5 Å². The van der Waals surface area contributed by atoms with E-state index in [1.54, 1.807) is 24.3 Å². The third-order valence-corrected chi connectivity index (χ3v) is 10.2. The Kier molecular flexibility index (Phi) is 14.1. The Morgan fingerprint density at radius 3 is 2.62 bits per heavy atom. The summed E-state index contributed by atoms with van der Waals surface area (Å²) in [6, 6.07) is 13.1. The van der Waals surface area contributed by atoms with E-state index in [-0.39, 0.29) is 55.6 Å². The Hall–Kier alpha value is -3.42. The van der Waals surface area contributed by atoms with Gasteiger partial charge in [-0.2, -0.15) is 4.31 Å². The van der Waals surface area contributed by atoms with Crippen LogP contribution in [-0.4, -0.2) is 88.5 Å². The lowest BCUT2D eigenvalue weighted by Gasteiger charge is -2.30. The van der Waals surface area contributed by atoms with E-state index in [4.69, 9.17) is 23.7 Å². The summed E-state index contributed by atoms with van der Waals surface area (Å²) in [5.41, 5.74) is 0.857. The minimum Gasteiger partial charge on any atom is -0.497 e. The number of methoxy groups -OCH3 is 1. The van der Waals surface area contributed by atoms with Gasteiger partial charge in [0.05, 0.1) is 45.0 Å². The number of amides is 1. The maximum Gasteiger partial charge on any atom is 0.407 e. The predicted molar refractivity (Wildman–Crippen MR) is 178 cm³/mol. The molecular weight excluding hydrogens is 624 g/mol. The molecule has 12 heteroatoms. The summed E-state index contributed by atoms with van der Waals surface area (Å²) in [6.07, 6.45) is 5.03. The topological polar surface area (TPSA) is 133 Å². The summed E-state index contributed by atoms with van der Waals surface area (Å²) in [5.74, 6) is 0.565. The minimum absolute atomic E-state index is 0.0330. The average molecular weight is 673 g/mol. The second kappa shape index (κ2) is 18.2. The normalized spacial score (nSPS) is 20.3. The number of carbonyl (C=O) groups excluding carboxylic acids is 1. The number of allylic oxidation sites excluding steroid dienone is 2. The molecule has 0 aliphatic carbocycles. The summed E-state index contributed by atoms with van der Waals surface area (Å²) < 4.78 is 58.0. The predicted octanol–water partition coefficient (Wildman–Crippen LogP) is 4.85. The molecular formula is C35H48N2O9S. The van der Waals surface area contributed by atoms with Crippen molar-refractivity contribution in [3.05, 3.63) is 79.4 Å². The number of benzene rings is 2. The van der Waals surface area contributed by atoms with Crippen molar-refractivity contribution < 1.29 is 42.0 Å². The molecule has 0 radical (unpaired) electrons. The molecule has 0 saturated carbocycles. The molecule has 0 bridgehead atoms. The number of alkyl carbamates (subject to hydrolysis) is 1. The fraction of sp³-hybridized carbons (Fsp3) is 0.514. The largest absolute Gasteiger partial charge is 0.497 e. The van der Waals surface area contributed by atoms with Crippen LogP contribution < -0.4 is 14.8 Å². The third kappa shape index (κ3) is 10.3. The van der Waals surface area contributed by atoms with Crippen molar-refractivity contribution in [1.82, 2.24) is 9.62 Å². The zero-order valence-electron chi connectivity index (χ0n) is 27.1. The van der Waals surface area contributed by atoms with Gasteiger partial charge in [0.1, 0.15) is 22.5 Å². The molecule has 0 aromatic heterocycles. The van der Waals surface area contributed by atoms with Crippen LogP contribution in [0.5, 0.6) is 11.5 Å². The highest BCUT2D eigenvalue weighted by atomic mass is 32.2. The number of hydrogen-bond donors (Lipinski definition) is 2. The molecule has 2 fully saturated rings. The van der Waals surface area contributed by atoms with Gasteiger partial charge in [-0.1, -0.05) is 42.5 Å². The second-order valence-corrected chi connectivity index (χ2v) is 13.6. The number of hydrogen-bond acceptors (Lipinski definition) is 9. The van der Waals surface area contributed by atoms with Gasteiger partial charge in [0.2, 0.25) is 10.0 Å². The summed E-state index contributed by atoms with van der Waals surface area (Å²) in [7, 11) is -2.67. The molecule has 0 spiro atoms. The van der Waals surface area contributed by atoms with Gasteiger partial charge in [-0.25, -0.2) is 13.2 Å². The zero-order valence-corrected chi connectivity index (χ0v) is 27.9. The smallest absolute Gasteiger partial charge is 0.407 e. The number of ether oxygens (including phenoxy) is 5. The molecule has 2 aromatic rings. The minimum atomic E-state index is -4.17. The van der Waals surface area contributed by atoms with Gasteiger partial charge in [-0.3, -0.25) is 0 Å². The van der Waals surface area contributed by atoms with Gasteiger partial charge in [-0.15, -0.1) is 13.2 Å². The number of aliphatic hydroxyl groups excluding tert-OH is 1. The number of fused-ring (bicyclic) bond motifs is 1. The van der Waals surface area contributed by atoms with Crippen LogP contribution in [0.2, 0.25) is 0 Å². The molecule has 11 nitrogen and oxygen atoms in total. The van der Waals surface area contributed by atoms with Crippen LogP contribution in [0.1, 0.15) is 44.1 Å². The summed E-state index contributed by atoms with van der Waals surface area (Å²) >= 11 is 0. The maximum absolute atomic E-state index is 14.3. The molecule has 47 heavy (non-hydrogen) atoms. The first-order valence-electron chi connectivity index (χ1n) is 16.2. The Labute approximate surface area is 278 Å². The number of unbranched alkanes of at least 4 members (excludes halogenated alkanes) is 3. The fourth-order valence-electron chi connectivity index (χ4n) is 5.73. The van der Waals surface area contributed by atoms with Crippen LogP contribution in [0.15, 0.2) is 78.7 Å².